The van der Waals surface area contributed by atoms with Gasteiger partial charge < -0.3 is 10.3 Å². The largest absolute Gasteiger partial charge is 0.354 e. The predicted molar refractivity (Wildman–Crippen MR) is 110 cm³/mol. The molecule has 2 heterocycles. The summed E-state index contributed by atoms with van der Waals surface area (Å²) in [6.45, 7) is 0. The van der Waals surface area contributed by atoms with Gasteiger partial charge in [0.1, 0.15) is 16.4 Å². The van der Waals surface area contributed by atoms with E-state index < -0.39 is 0 Å². The van der Waals surface area contributed by atoms with Gasteiger partial charge in [-0.05, 0) is 30.2 Å². The molecule has 2 aromatic heterocycles. The van der Waals surface area contributed by atoms with Gasteiger partial charge in [0, 0.05) is 22.0 Å². The molecule has 2 N–H and O–H groups in total. The molecule has 0 aliphatic rings. The van der Waals surface area contributed by atoms with Crippen molar-refractivity contribution in [3.05, 3.63) is 80.6 Å². The van der Waals surface area contributed by atoms with Crippen LogP contribution in [0.5, 0.6) is 0 Å². The highest BCUT2D eigenvalue weighted by atomic mass is 35.5. The third-order valence-corrected chi connectivity index (χ3v) is 5.63. The van der Waals surface area contributed by atoms with Crippen LogP contribution in [0.1, 0.15) is 16.6 Å². The van der Waals surface area contributed by atoms with E-state index in [4.69, 9.17) is 33.5 Å². The van der Waals surface area contributed by atoms with E-state index in [9.17, 15) is 0 Å². The van der Waals surface area contributed by atoms with Crippen molar-refractivity contribution in [2.24, 2.45) is 5.73 Å². The first-order chi connectivity index (χ1) is 13.1. The lowest BCUT2D eigenvalue weighted by Crippen LogP contribution is -2.12. The smallest absolute Gasteiger partial charge is 0.186 e. The molecule has 0 aliphatic heterocycles. The minimum atomic E-state index is -0.167. The standard InChI is InChI=1S/C20H15Cl2N3OS/c21-13-6-7-14(15(22)9-13)17-10-19(26-25-17)18-11-27-20(24-18)16(23)8-12-4-2-1-3-5-12/h1-7,9-11,16H,8,23H2. The molecule has 0 bridgehead atoms. The van der Waals surface area contributed by atoms with Crippen molar-refractivity contribution in [1.82, 2.24) is 10.1 Å². The van der Waals surface area contributed by atoms with Crippen LogP contribution < -0.4 is 5.73 Å². The van der Waals surface area contributed by atoms with Crippen LogP contribution in [0.15, 0.2) is 64.5 Å². The van der Waals surface area contributed by atoms with Gasteiger partial charge in [0.25, 0.3) is 0 Å². The lowest BCUT2D eigenvalue weighted by atomic mass is 10.1. The molecule has 136 valence electrons. The maximum atomic E-state index is 6.32. The summed E-state index contributed by atoms with van der Waals surface area (Å²) in [7, 11) is 0. The summed E-state index contributed by atoms with van der Waals surface area (Å²) in [4.78, 5) is 4.63. The van der Waals surface area contributed by atoms with Crippen LogP contribution in [0.4, 0.5) is 0 Å². The Morgan fingerprint density at radius 1 is 1.04 bits per heavy atom. The summed E-state index contributed by atoms with van der Waals surface area (Å²) in [5.74, 6) is 0.574. The van der Waals surface area contributed by atoms with E-state index in [1.807, 2.05) is 35.7 Å². The van der Waals surface area contributed by atoms with Gasteiger partial charge in [-0.15, -0.1) is 11.3 Å². The van der Waals surface area contributed by atoms with Crippen LogP contribution in [-0.4, -0.2) is 10.1 Å². The topological polar surface area (TPSA) is 64.9 Å². The van der Waals surface area contributed by atoms with E-state index in [0.29, 0.717) is 27.2 Å². The van der Waals surface area contributed by atoms with Crippen LogP contribution >= 0.6 is 34.5 Å². The summed E-state index contributed by atoms with van der Waals surface area (Å²) >= 11 is 13.7. The number of hydrogen-bond donors (Lipinski definition) is 1. The Hall–Kier alpha value is -2.18. The van der Waals surface area contributed by atoms with E-state index in [2.05, 4.69) is 22.3 Å². The Morgan fingerprint density at radius 3 is 2.63 bits per heavy atom. The minimum Gasteiger partial charge on any atom is -0.354 e. The number of nitrogens with zero attached hydrogens (tertiary/aromatic N) is 2. The molecule has 1 atom stereocenters. The zero-order valence-corrected chi connectivity index (χ0v) is 16.4. The number of rotatable bonds is 5. The fourth-order valence-corrected chi connectivity index (χ4v) is 4.06. The molecule has 1 unspecified atom stereocenters. The highest BCUT2D eigenvalue weighted by Gasteiger charge is 2.17. The van der Waals surface area contributed by atoms with Crippen molar-refractivity contribution in [3.8, 4) is 22.7 Å². The van der Waals surface area contributed by atoms with Crippen molar-refractivity contribution in [3.63, 3.8) is 0 Å². The zero-order chi connectivity index (χ0) is 18.8. The van der Waals surface area contributed by atoms with Crippen LogP contribution in [0, 0.1) is 0 Å². The maximum Gasteiger partial charge on any atom is 0.186 e. The number of halogens is 2. The van der Waals surface area contributed by atoms with Gasteiger partial charge in [0.05, 0.1) is 11.1 Å². The maximum absolute atomic E-state index is 6.32. The SMILES string of the molecule is NC(Cc1ccccc1)c1nc(-c2cc(-c3ccc(Cl)cc3Cl)no2)cs1. The molecular weight excluding hydrogens is 401 g/mol. The normalized spacial score (nSPS) is 12.3. The molecule has 0 amide bonds. The molecular formula is C20H15Cl2N3OS. The molecule has 4 aromatic rings. The highest BCUT2D eigenvalue weighted by Crippen LogP contribution is 2.33. The van der Waals surface area contributed by atoms with Crippen LogP contribution in [-0.2, 0) is 6.42 Å². The highest BCUT2D eigenvalue weighted by molar-refractivity contribution is 7.10. The third-order valence-electron chi connectivity index (χ3n) is 4.11. The number of hydrogen-bond acceptors (Lipinski definition) is 5. The van der Waals surface area contributed by atoms with Gasteiger partial charge in [-0.1, -0.05) is 58.7 Å². The van der Waals surface area contributed by atoms with Crippen molar-refractivity contribution in [2.75, 3.05) is 0 Å². The van der Waals surface area contributed by atoms with E-state index in [-0.39, 0.29) is 6.04 Å². The zero-order valence-electron chi connectivity index (χ0n) is 14.1. The third kappa shape index (κ3) is 4.06. The molecule has 0 saturated carbocycles. The van der Waals surface area contributed by atoms with Gasteiger partial charge in [-0.3, -0.25) is 0 Å². The van der Waals surface area contributed by atoms with E-state index in [1.54, 1.807) is 12.1 Å². The summed E-state index contributed by atoms with van der Waals surface area (Å²) in [5, 5.41) is 7.98. The molecule has 4 rings (SSSR count). The molecule has 0 saturated heterocycles. The molecule has 0 radical (unpaired) electrons. The molecule has 4 nitrogen and oxygen atoms in total. The Bertz CT molecular complexity index is 1060. The summed E-state index contributed by atoms with van der Waals surface area (Å²) in [5.41, 5.74) is 9.60. The lowest BCUT2D eigenvalue weighted by molar-refractivity contribution is 0.433. The predicted octanol–water partition coefficient (Wildman–Crippen LogP) is 6.01. The fourth-order valence-electron chi connectivity index (χ4n) is 2.75. The van der Waals surface area contributed by atoms with Crippen molar-refractivity contribution in [1.29, 1.82) is 0 Å². The number of nitrogens with two attached hydrogens (primary N) is 1. The molecule has 0 fully saturated rings. The first kappa shape index (κ1) is 18.2. The van der Waals surface area contributed by atoms with Gasteiger partial charge in [0.2, 0.25) is 0 Å². The molecule has 2 aromatic carbocycles. The second-order valence-corrected chi connectivity index (χ2v) is 7.80. The first-order valence-corrected chi connectivity index (χ1v) is 9.91. The number of thiazole rings is 1. The molecule has 0 aliphatic carbocycles. The quantitative estimate of drug-likeness (QED) is 0.432. The minimum absolute atomic E-state index is 0.167. The van der Waals surface area contributed by atoms with Gasteiger partial charge in [0.15, 0.2) is 5.76 Å². The van der Waals surface area contributed by atoms with E-state index in [1.165, 1.54) is 16.9 Å². The van der Waals surface area contributed by atoms with Gasteiger partial charge in [-0.25, -0.2) is 4.98 Å². The van der Waals surface area contributed by atoms with Crippen molar-refractivity contribution >= 4 is 34.5 Å². The monoisotopic (exact) mass is 415 g/mol. The summed E-state index contributed by atoms with van der Waals surface area (Å²) in [6.07, 6.45) is 0.732. The Kier molecular flexibility index (Phi) is 5.27. The summed E-state index contributed by atoms with van der Waals surface area (Å²) in [6, 6.07) is 17.0. The molecule has 27 heavy (non-hydrogen) atoms. The van der Waals surface area contributed by atoms with E-state index in [0.717, 1.165) is 17.0 Å². The Labute approximate surface area is 170 Å². The van der Waals surface area contributed by atoms with Crippen LogP contribution in [0.25, 0.3) is 22.7 Å². The number of aromatic nitrogens is 2. The molecule has 7 heteroatoms. The van der Waals surface area contributed by atoms with Crippen molar-refractivity contribution in [2.45, 2.75) is 12.5 Å². The fraction of sp³-hybridized carbons (Fsp3) is 0.100. The lowest BCUT2D eigenvalue weighted by Gasteiger charge is -2.07. The van der Waals surface area contributed by atoms with Gasteiger partial charge in [-0.2, -0.15) is 0 Å². The second kappa shape index (κ2) is 7.82. The van der Waals surface area contributed by atoms with Crippen molar-refractivity contribution < 1.29 is 4.52 Å². The number of benzene rings is 2. The Morgan fingerprint density at radius 2 is 1.85 bits per heavy atom. The Balaban J connectivity index is 1.54. The molecule has 0 spiro atoms. The first-order valence-electron chi connectivity index (χ1n) is 8.27. The van der Waals surface area contributed by atoms with Gasteiger partial charge >= 0.3 is 0 Å². The van der Waals surface area contributed by atoms with Crippen LogP contribution in [0.2, 0.25) is 10.0 Å². The van der Waals surface area contributed by atoms with Crippen LogP contribution in [0.3, 0.4) is 0 Å². The second-order valence-electron chi connectivity index (χ2n) is 6.07. The average Bonchev–Trinajstić information content (AvgIpc) is 3.32. The average molecular weight is 416 g/mol. The summed E-state index contributed by atoms with van der Waals surface area (Å²) < 4.78 is 5.46. The van der Waals surface area contributed by atoms with E-state index >= 15 is 0 Å².